The summed E-state index contributed by atoms with van der Waals surface area (Å²) in [4.78, 5) is 18.1. The van der Waals surface area contributed by atoms with Gasteiger partial charge in [0.1, 0.15) is 23.6 Å². The predicted molar refractivity (Wildman–Crippen MR) is 113 cm³/mol. The van der Waals surface area contributed by atoms with E-state index in [1.165, 1.54) is 0 Å². The molecule has 2 heterocycles. The Balaban J connectivity index is 2.08. The van der Waals surface area contributed by atoms with E-state index in [-0.39, 0.29) is 11.2 Å². The number of fused-ring (bicyclic) bond motifs is 2. The third-order valence-electron chi connectivity index (χ3n) is 5.51. The molecule has 0 bridgehead atoms. The Morgan fingerprint density at radius 2 is 1.97 bits per heavy atom. The number of aromatic amines is 1. The van der Waals surface area contributed by atoms with E-state index in [4.69, 9.17) is 4.42 Å². The lowest BCUT2D eigenvalue weighted by atomic mass is 10.00. The van der Waals surface area contributed by atoms with Gasteiger partial charge < -0.3 is 14.4 Å². The first kappa shape index (κ1) is 19.2. The molecule has 0 spiro atoms. The van der Waals surface area contributed by atoms with Gasteiger partial charge in [-0.15, -0.1) is 0 Å². The summed E-state index contributed by atoms with van der Waals surface area (Å²) in [6.07, 6.45) is 0.639. The van der Waals surface area contributed by atoms with Crippen molar-refractivity contribution in [3.8, 4) is 17.1 Å². The van der Waals surface area contributed by atoms with Gasteiger partial charge in [-0.3, -0.25) is 4.79 Å². The zero-order valence-corrected chi connectivity index (χ0v) is 17.5. The molecule has 2 aromatic heterocycles. The van der Waals surface area contributed by atoms with Crippen molar-refractivity contribution in [2.24, 2.45) is 7.05 Å². The van der Waals surface area contributed by atoms with Crippen molar-refractivity contribution >= 4 is 22.0 Å². The average Bonchev–Trinajstić information content (AvgIpc) is 3.01. The standard InChI is InChI=1S/C23H25N3O3/c1-6-14-11-15-21(28)19(23-24-17-9-7-8-10-18(17)26(23)5)13(2)29-22(15)16(20(14)27)12-25(3)4/h7-11H,6,12H2,1-5H3,(H,27,28)/p+2. The van der Waals surface area contributed by atoms with Crippen molar-refractivity contribution in [3.63, 3.8) is 0 Å². The number of para-hydroxylation sites is 2. The fourth-order valence-electron chi connectivity index (χ4n) is 4.05. The van der Waals surface area contributed by atoms with Gasteiger partial charge in [-0.25, -0.2) is 9.55 Å². The van der Waals surface area contributed by atoms with Crippen LogP contribution in [0.15, 0.2) is 39.5 Å². The van der Waals surface area contributed by atoms with Crippen molar-refractivity contribution < 1.29 is 19.0 Å². The SMILES string of the molecule is CCc1cc2c(=O)c(-c3[nH]c4ccccc4[n+]3C)c(C)oc2c(C[NH+](C)C)c1O. The Kier molecular flexibility index (Phi) is 4.67. The van der Waals surface area contributed by atoms with Crippen LogP contribution in [0.5, 0.6) is 5.75 Å². The molecule has 6 nitrogen and oxygen atoms in total. The molecule has 0 unspecified atom stereocenters. The van der Waals surface area contributed by atoms with E-state index in [9.17, 15) is 9.90 Å². The van der Waals surface area contributed by atoms with Gasteiger partial charge in [0, 0.05) is 0 Å². The van der Waals surface area contributed by atoms with E-state index in [2.05, 4.69) is 4.98 Å². The number of aromatic nitrogens is 2. The van der Waals surface area contributed by atoms with Crippen LogP contribution < -0.4 is 14.9 Å². The second-order valence-electron chi connectivity index (χ2n) is 7.89. The molecule has 4 aromatic rings. The lowest BCUT2D eigenvalue weighted by Crippen LogP contribution is -3.04. The molecule has 0 aliphatic heterocycles. The average molecular weight is 393 g/mol. The van der Waals surface area contributed by atoms with E-state index >= 15 is 0 Å². The monoisotopic (exact) mass is 393 g/mol. The van der Waals surface area contributed by atoms with Crippen LogP contribution in [0.4, 0.5) is 0 Å². The molecule has 0 saturated heterocycles. The molecule has 0 radical (unpaired) electrons. The number of phenols is 1. The van der Waals surface area contributed by atoms with E-state index in [1.807, 2.05) is 56.9 Å². The molecule has 29 heavy (non-hydrogen) atoms. The number of hydrogen-bond donors (Lipinski definition) is 3. The molecule has 0 aliphatic rings. The molecule has 150 valence electrons. The van der Waals surface area contributed by atoms with Crippen LogP contribution in [0.3, 0.4) is 0 Å². The Morgan fingerprint density at radius 3 is 2.62 bits per heavy atom. The van der Waals surface area contributed by atoms with Crippen molar-refractivity contribution in [1.82, 2.24) is 4.98 Å². The number of nitrogens with zero attached hydrogens (tertiary/aromatic N) is 1. The van der Waals surface area contributed by atoms with Gasteiger partial charge in [0.05, 0.1) is 32.1 Å². The number of aryl methyl sites for hydroxylation is 3. The highest BCUT2D eigenvalue weighted by Gasteiger charge is 2.27. The van der Waals surface area contributed by atoms with Gasteiger partial charge in [0.2, 0.25) is 5.43 Å². The predicted octanol–water partition coefficient (Wildman–Crippen LogP) is 1.99. The quantitative estimate of drug-likeness (QED) is 0.464. The van der Waals surface area contributed by atoms with E-state index in [1.54, 1.807) is 13.0 Å². The van der Waals surface area contributed by atoms with Gasteiger partial charge in [0.25, 0.3) is 5.82 Å². The molecule has 6 heteroatoms. The first-order valence-corrected chi connectivity index (χ1v) is 9.90. The van der Waals surface area contributed by atoms with Crippen LogP contribution in [0.1, 0.15) is 23.8 Å². The highest BCUT2D eigenvalue weighted by Crippen LogP contribution is 2.32. The summed E-state index contributed by atoms with van der Waals surface area (Å²) >= 11 is 0. The van der Waals surface area contributed by atoms with Crippen molar-refractivity contribution in [2.75, 3.05) is 14.1 Å². The summed E-state index contributed by atoms with van der Waals surface area (Å²) in [5.41, 5.74) is 4.33. The minimum atomic E-state index is -0.0874. The highest BCUT2D eigenvalue weighted by atomic mass is 16.3. The summed E-state index contributed by atoms with van der Waals surface area (Å²) in [6.45, 7) is 4.35. The van der Waals surface area contributed by atoms with Crippen LogP contribution >= 0.6 is 0 Å². The van der Waals surface area contributed by atoms with Gasteiger partial charge >= 0.3 is 0 Å². The first-order chi connectivity index (χ1) is 13.8. The fraction of sp³-hybridized carbons (Fsp3) is 0.304. The number of quaternary nitrogens is 1. The summed E-state index contributed by atoms with van der Waals surface area (Å²) in [7, 11) is 5.95. The molecule has 0 fully saturated rings. The number of rotatable bonds is 4. The second kappa shape index (κ2) is 7.04. The number of hydrogen-bond acceptors (Lipinski definition) is 3. The lowest BCUT2D eigenvalue weighted by Gasteiger charge is -2.15. The van der Waals surface area contributed by atoms with Crippen LogP contribution in [-0.2, 0) is 20.0 Å². The zero-order chi connectivity index (χ0) is 20.9. The molecular weight excluding hydrogens is 366 g/mol. The number of phenolic OH excluding ortho intramolecular Hbond substituents is 1. The molecule has 0 saturated carbocycles. The maximum Gasteiger partial charge on any atom is 0.294 e. The molecule has 3 N–H and O–H groups in total. The molecule has 4 rings (SSSR count). The third kappa shape index (κ3) is 3.00. The van der Waals surface area contributed by atoms with Gasteiger partial charge in [-0.2, -0.15) is 0 Å². The Labute approximate surface area is 169 Å². The highest BCUT2D eigenvalue weighted by molar-refractivity contribution is 5.87. The van der Waals surface area contributed by atoms with Gasteiger partial charge in [-0.1, -0.05) is 19.1 Å². The van der Waals surface area contributed by atoms with Gasteiger partial charge in [0.15, 0.2) is 16.6 Å². The maximum absolute atomic E-state index is 13.6. The molecule has 0 amide bonds. The smallest absolute Gasteiger partial charge is 0.294 e. The molecule has 2 aromatic carbocycles. The van der Waals surface area contributed by atoms with E-state index in [0.717, 1.165) is 21.5 Å². The van der Waals surface area contributed by atoms with Crippen LogP contribution in [0, 0.1) is 6.92 Å². The van der Waals surface area contributed by atoms with Crippen LogP contribution in [-0.4, -0.2) is 24.2 Å². The number of benzene rings is 2. The Hall–Kier alpha value is -3.12. The molecular formula is C23H27N3O3+2. The summed E-state index contributed by atoms with van der Waals surface area (Å²) in [5, 5.41) is 11.3. The Morgan fingerprint density at radius 1 is 1.24 bits per heavy atom. The van der Waals surface area contributed by atoms with Crippen LogP contribution in [0.25, 0.3) is 33.4 Å². The maximum atomic E-state index is 13.6. The lowest BCUT2D eigenvalue weighted by molar-refractivity contribution is -0.872. The zero-order valence-electron chi connectivity index (χ0n) is 17.5. The summed E-state index contributed by atoms with van der Waals surface area (Å²) < 4.78 is 8.16. The third-order valence-corrected chi connectivity index (χ3v) is 5.51. The largest absolute Gasteiger partial charge is 0.507 e. The van der Waals surface area contributed by atoms with E-state index in [0.29, 0.717) is 46.6 Å². The topological polar surface area (TPSA) is 74.5 Å². The number of aromatic hydroxyl groups is 1. The van der Waals surface area contributed by atoms with Crippen LogP contribution in [0.2, 0.25) is 0 Å². The van der Waals surface area contributed by atoms with E-state index < -0.39 is 0 Å². The summed E-state index contributed by atoms with van der Waals surface area (Å²) in [6, 6.07) is 9.71. The number of imidazole rings is 1. The number of H-pyrrole nitrogens is 1. The minimum absolute atomic E-state index is 0.0874. The first-order valence-electron chi connectivity index (χ1n) is 9.90. The number of nitrogens with one attached hydrogen (secondary N) is 2. The van der Waals surface area contributed by atoms with Gasteiger partial charge in [-0.05, 0) is 37.1 Å². The van der Waals surface area contributed by atoms with Crippen molar-refractivity contribution in [2.45, 2.75) is 26.8 Å². The van der Waals surface area contributed by atoms with Crippen molar-refractivity contribution in [1.29, 1.82) is 0 Å². The van der Waals surface area contributed by atoms with Crippen molar-refractivity contribution in [3.05, 3.63) is 57.4 Å². The fourth-order valence-corrected chi connectivity index (χ4v) is 4.05. The molecule has 0 atom stereocenters. The minimum Gasteiger partial charge on any atom is -0.507 e. The normalized spacial score (nSPS) is 11.8. The summed E-state index contributed by atoms with van der Waals surface area (Å²) in [5.74, 6) is 1.47. The second-order valence-corrected chi connectivity index (χ2v) is 7.89. The molecule has 0 aliphatic carbocycles. The Bertz CT molecular complexity index is 1300.